The molecule has 2 N–H and O–H groups in total. The molecule has 0 saturated heterocycles. The van der Waals surface area contributed by atoms with Crippen molar-refractivity contribution >= 4 is 27.5 Å². The number of hydrogen-bond acceptors (Lipinski definition) is 2. The van der Waals surface area contributed by atoms with Crippen LogP contribution in [0.5, 0.6) is 0 Å². The van der Waals surface area contributed by atoms with Crippen LogP contribution in [0, 0.1) is 0 Å². The molecule has 0 radical (unpaired) electrons. The van der Waals surface area contributed by atoms with Crippen LogP contribution in [0.25, 0.3) is 0 Å². The predicted molar refractivity (Wildman–Crippen MR) is 83.6 cm³/mol. The Hall–Kier alpha value is -1.65. The lowest BCUT2D eigenvalue weighted by Crippen LogP contribution is -2.16. The molecule has 0 saturated carbocycles. The first-order chi connectivity index (χ1) is 9.58. The maximum atomic E-state index is 12.1. The molecule has 0 aromatic heterocycles. The Morgan fingerprint density at radius 3 is 2.55 bits per heavy atom. The first-order valence-corrected chi connectivity index (χ1v) is 7.17. The Bertz CT molecular complexity index is 611. The SMILES string of the molecule is CC(O)c1ccccc1NC(=O)Cc1ccccc1Br. The van der Waals surface area contributed by atoms with Crippen molar-refractivity contribution < 1.29 is 9.90 Å². The Balaban J connectivity index is 2.11. The van der Waals surface area contributed by atoms with Crippen molar-refractivity contribution in [1.82, 2.24) is 0 Å². The van der Waals surface area contributed by atoms with Gasteiger partial charge in [-0.25, -0.2) is 0 Å². The first-order valence-electron chi connectivity index (χ1n) is 6.38. The standard InChI is InChI=1S/C16H16BrNO2/c1-11(19)13-7-3-5-9-15(13)18-16(20)10-12-6-2-4-8-14(12)17/h2-9,11,19H,10H2,1H3,(H,18,20). The molecule has 0 aliphatic carbocycles. The Morgan fingerprint density at radius 2 is 1.85 bits per heavy atom. The van der Waals surface area contributed by atoms with Gasteiger partial charge < -0.3 is 10.4 Å². The second-order valence-corrected chi connectivity index (χ2v) is 5.43. The lowest BCUT2D eigenvalue weighted by Gasteiger charge is -2.13. The number of halogens is 1. The van der Waals surface area contributed by atoms with Crippen LogP contribution in [0.2, 0.25) is 0 Å². The number of aliphatic hydroxyl groups excluding tert-OH is 1. The van der Waals surface area contributed by atoms with Crippen molar-refractivity contribution in [2.45, 2.75) is 19.4 Å². The highest BCUT2D eigenvalue weighted by atomic mass is 79.9. The molecular weight excluding hydrogens is 318 g/mol. The van der Waals surface area contributed by atoms with Crippen molar-refractivity contribution in [3.8, 4) is 0 Å². The molecule has 0 bridgehead atoms. The second kappa shape index (κ2) is 6.68. The molecule has 2 rings (SSSR count). The largest absolute Gasteiger partial charge is 0.389 e. The molecule has 0 fully saturated rings. The molecule has 0 aliphatic heterocycles. The summed E-state index contributed by atoms with van der Waals surface area (Å²) in [5, 5.41) is 12.5. The fourth-order valence-corrected chi connectivity index (χ4v) is 2.41. The van der Waals surface area contributed by atoms with Gasteiger partial charge in [-0.3, -0.25) is 4.79 Å². The number of amides is 1. The third-order valence-electron chi connectivity index (χ3n) is 2.99. The number of anilines is 1. The summed E-state index contributed by atoms with van der Waals surface area (Å²) in [4.78, 5) is 12.1. The zero-order valence-electron chi connectivity index (χ0n) is 11.1. The highest BCUT2D eigenvalue weighted by Crippen LogP contribution is 2.23. The number of carbonyl (C=O) groups excluding carboxylic acids is 1. The van der Waals surface area contributed by atoms with Crippen molar-refractivity contribution in [2.75, 3.05) is 5.32 Å². The van der Waals surface area contributed by atoms with Gasteiger partial charge >= 0.3 is 0 Å². The topological polar surface area (TPSA) is 49.3 Å². The molecular formula is C16H16BrNO2. The van der Waals surface area contributed by atoms with Crippen LogP contribution in [0.4, 0.5) is 5.69 Å². The highest BCUT2D eigenvalue weighted by Gasteiger charge is 2.11. The van der Waals surface area contributed by atoms with Crippen LogP contribution in [0.15, 0.2) is 53.0 Å². The normalized spacial score (nSPS) is 11.9. The van der Waals surface area contributed by atoms with E-state index in [-0.39, 0.29) is 12.3 Å². The van der Waals surface area contributed by atoms with Gasteiger partial charge in [0.2, 0.25) is 5.91 Å². The van der Waals surface area contributed by atoms with Gasteiger partial charge in [-0.2, -0.15) is 0 Å². The summed E-state index contributed by atoms with van der Waals surface area (Å²) in [5.41, 5.74) is 2.30. The van der Waals surface area contributed by atoms with Gasteiger partial charge in [0.25, 0.3) is 0 Å². The number of benzene rings is 2. The fraction of sp³-hybridized carbons (Fsp3) is 0.188. The quantitative estimate of drug-likeness (QED) is 0.896. The van der Waals surface area contributed by atoms with E-state index in [1.807, 2.05) is 36.4 Å². The molecule has 1 amide bonds. The van der Waals surface area contributed by atoms with Gasteiger partial charge in [0, 0.05) is 15.7 Å². The van der Waals surface area contributed by atoms with E-state index in [1.165, 1.54) is 0 Å². The Morgan fingerprint density at radius 1 is 1.20 bits per heavy atom. The lowest BCUT2D eigenvalue weighted by atomic mass is 10.1. The van der Waals surface area contributed by atoms with E-state index in [2.05, 4.69) is 21.2 Å². The van der Waals surface area contributed by atoms with Crippen molar-refractivity contribution in [3.05, 3.63) is 64.1 Å². The summed E-state index contributed by atoms with van der Waals surface area (Å²) < 4.78 is 0.916. The molecule has 2 aromatic carbocycles. The van der Waals surface area contributed by atoms with Crippen molar-refractivity contribution in [2.24, 2.45) is 0 Å². The van der Waals surface area contributed by atoms with Gasteiger partial charge in [-0.05, 0) is 24.6 Å². The summed E-state index contributed by atoms with van der Waals surface area (Å²) in [7, 11) is 0. The third-order valence-corrected chi connectivity index (χ3v) is 3.77. The minimum atomic E-state index is -0.616. The molecule has 3 nitrogen and oxygen atoms in total. The van der Waals surface area contributed by atoms with Crippen molar-refractivity contribution in [3.63, 3.8) is 0 Å². The molecule has 4 heteroatoms. The summed E-state index contributed by atoms with van der Waals surface area (Å²) >= 11 is 3.43. The zero-order valence-corrected chi connectivity index (χ0v) is 12.7. The fourth-order valence-electron chi connectivity index (χ4n) is 1.98. The van der Waals surface area contributed by atoms with E-state index in [1.54, 1.807) is 19.1 Å². The van der Waals surface area contributed by atoms with Crippen LogP contribution < -0.4 is 5.32 Å². The monoisotopic (exact) mass is 333 g/mol. The van der Waals surface area contributed by atoms with E-state index in [4.69, 9.17) is 0 Å². The van der Waals surface area contributed by atoms with E-state index >= 15 is 0 Å². The van der Waals surface area contributed by atoms with Gasteiger partial charge in [0.05, 0.1) is 12.5 Å². The molecule has 1 unspecified atom stereocenters. The minimum Gasteiger partial charge on any atom is -0.389 e. The molecule has 0 aliphatic rings. The average Bonchev–Trinajstić information content (AvgIpc) is 2.41. The van der Waals surface area contributed by atoms with E-state index in [0.29, 0.717) is 11.3 Å². The summed E-state index contributed by atoms with van der Waals surface area (Å²) in [6.07, 6.45) is -0.329. The molecule has 1 atom stereocenters. The van der Waals surface area contributed by atoms with Crippen LogP contribution in [0.3, 0.4) is 0 Å². The van der Waals surface area contributed by atoms with E-state index < -0.39 is 6.10 Å². The van der Waals surface area contributed by atoms with Gasteiger partial charge in [-0.1, -0.05) is 52.3 Å². The number of hydrogen-bond donors (Lipinski definition) is 2. The number of carbonyl (C=O) groups is 1. The zero-order chi connectivity index (χ0) is 14.5. The smallest absolute Gasteiger partial charge is 0.228 e. The van der Waals surface area contributed by atoms with Crippen LogP contribution >= 0.6 is 15.9 Å². The maximum absolute atomic E-state index is 12.1. The number of rotatable bonds is 4. The highest BCUT2D eigenvalue weighted by molar-refractivity contribution is 9.10. The number of nitrogens with one attached hydrogen (secondary N) is 1. The Labute approximate surface area is 126 Å². The van der Waals surface area contributed by atoms with Crippen molar-refractivity contribution in [1.29, 1.82) is 0 Å². The molecule has 104 valence electrons. The van der Waals surface area contributed by atoms with Gasteiger partial charge in [-0.15, -0.1) is 0 Å². The minimum absolute atomic E-state index is 0.106. The van der Waals surface area contributed by atoms with E-state index in [9.17, 15) is 9.90 Å². The molecule has 0 spiro atoms. The average molecular weight is 334 g/mol. The third kappa shape index (κ3) is 3.68. The van der Waals surface area contributed by atoms with Gasteiger partial charge in [0.1, 0.15) is 0 Å². The van der Waals surface area contributed by atoms with Crippen LogP contribution in [0.1, 0.15) is 24.2 Å². The second-order valence-electron chi connectivity index (χ2n) is 4.58. The Kier molecular flexibility index (Phi) is 4.93. The van der Waals surface area contributed by atoms with Crippen LogP contribution in [-0.4, -0.2) is 11.0 Å². The first kappa shape index (κ1) is 14.8. The number of para-hydroxylation sites is 1. The molecule has 20 heavy (non-hydrogen) atoms. The number of aliphatic hydroxyl groups is 1. The van der Waals surface area contributed by atoms with E-state index in [0.717, 1.165) is 10.0 Å². The summed E-state index contributed by atoms with van der Waals surface area (Å²) in [5.74, 6) is -0.106. The maximum Gasteiger partial charge on any atom is 0.228 e. The summed E-state index contributed by atoms with van der Waals surface area (Å²) in [6, 6.07) is 14.9. The van der Waals surface area contributed by atoms with Crippen LogP contribution in [-0.2, 0) is 11.2 Å². The summed E-state index contributed by atoms with van der Waals surface area (Å²) in [6.45, 7) is 1.68. The molecule has 2 aromatic rings. The molecule has 0 heterocycles. The van der Waals surface area contributed by atoms with Gasteiger partial charge in [0.15, 0.2) is 0 Å². The lowest BCUT2D eigenvalue weighted by molar-refractivity contribution is -0.115. The predicted octanol–water partition coefficient (Wildman–Crippen LogP) is 3.68.